The van der Waals surface area contributed by atoms with Gasteiger partial charge in [0, 0.05) is 6.42 Å². The van der Waals surface area contributed by atoms with E-state index in [1.807, 2.05) is 25.8 Å². The van der Waals surface area contributed by atoms with Crippen molar-refractivity contribution in [2.24, 2.45) is 0 Å². The van der Waals surface area contributed by atoms with E-state index in [1.165, 1.54) is 5.56 Å². The van der Waals surface area contributed by atoms with E-state index in [4.69, 9.17) is 9.47 Å². The number of aliphatic hydroxyl groups excluding tert-OH is 1. The maximum absolute atomic E-state index is 13.5. The molecule has 0 spiro atoms. The van der Waals surface area contributed by atoms with Crippen molar-refractivity contribution in [3.8, 4) is 0 Å². The molecule has 2 aromatic rings. The van der Waals surface area contributed by atoms with E-state index in [0.717, 1.165) is 27.5 Å². The van der Waals surface area contributed by atoms with E-state index in [1.54, 1.807) is 0 Å². The Kier molecular flexibility index (Phi) is 5.59. The average molecular weight is 378 g/mol. The van der Waals surface area contributed by atoms with Crippen molar-refractivity contribution in [3.63, 3.8) is 0 Å². The van der Waals surface area contributed by atoms with Gasteiger partial charge in [0.1, 0.15) is 12.3 Å². The predicted molar refractivity (Wildman–Crippen MR) is 96.1 cm³/mol. The highest BCUT2D eigenvalue weighted by Crippen LogP contribution is 2.31. The standard InChI is InChI=1S/C19H23FN2O5/c1-10-4-11(2)13(12(3)5-10)9-26-15-6-17(27-16(15)8-23)22-7-14(20)18(24)21-19(22)25/h4-5,7,15-17,23H,6,8-9H2,1-3H3,(H,21,24,25)/t15?,16-,17-/m0/s1. The van der Waals surface area contributed by atoms with Gasteiger partial charge in [-0.25, -0.2) is 4.79 Å². The molecule has 2 heterocycles. The number of nitrogens with zero attached hydrogens (tertiary/aromatic N) is 1. The molecular weight excluding hydrogens is 355 g/mol. The van der Waals surface area contributed by atoms with Gasteiger partial charge in [-0.15, -0.1) is 0 Å². The molecule has 0 radical (unpaired) electrons. The first-order chi connectivity index (χ1) is 12.8. The zero-order valence-corrected chi connectivity index (χ0v) is 15.5. The maximum Gasteiger partial charge on any atom is 0.330 e. The minimum atomic E-state index is -1.08. The normalized spacial score (nSPS) is 22.3. The van der Waals surface area contributed by atoms with Crippen molar-refractivity contribution >= 4 is 0 Å². The Bertz CT molecular complexity index is 929. The molecule has 0 amide bonds. The molecule has 8 heteroatoms. The Morgan fingerprint density at radius 3 is 2.59 bits per heavy atom. The van der Waals surface area contributed by atoms with Crippen molar-refractivity contribution in [2.45, 2.75) is 52.2 Å². The smallest absolute Gasteiger partial charge is 0.330 e. The van der Waals surface area contributed by atoms with Crippen molar-refractivity contribution in [3.05, 3.63) is 67.2 Å². The summed E-state index contributed by atoms with van der Waals surface area (Å²) in [6.45, 7) is 6.10. The molecular formula is C19H23FN2O5. The highest BCUT2D eigenvalue weighted by atomic mass is 19.1. The van der Waals surface area contributed by atoms with Crippen LogP contribution in [-0.4, -0.2) is 33.5 Å². The molecule has 0 aliphatic carbocycles. The van der Waals surface area contributed by atoms with Gasteiger partial charge in [-0.1, -0.05) is 17.7 Å². The molecule has 1 aliphatic heterocycles. The number of rotatable bonds is 5. The van der Waals surface area contributed by atoms with Crippen LogP contribution in [0, 0.1) is 26.6 Å². The van der Waals surface area contributed by atoms with Gasteiger partial charge in [0.05, 0.1) is 25.5 Å². The number of aromatic amines is 1. The summed E-state index contributed by atoms with van der Waals surface area (Å²) in [6.07, 6.45) is -0.881. The lowest BCUT2D eigenvalue weighted by molar-refractivity contribution is -0.0660. The van der Waals surface area contributed by atoms with Crippen LogP contribution >= 0.6 is 0 Å². The minimum absolute atomic E-state index is 0.251. The molecule has 1 saturated heterocycles. The minimum Gasteiger partial charge on any atom is -0.394 e. The third kappa shape index (κ3) is 4.02. The van der Waals surface area contributed by atoms with Crippen LogP contribution in [0.5, 0.6) is 0 Å². The van der Waals surface area contributed by atoms with Gasteiger partial charge in [-0.2, -0.15) is 4.39 Å². The summed E-state index contributed by atoms with van der Waals surface area (Å²) < 4.78 is 26.1. The first kappa shape index (κ1) is 19.5. The Morgan fingerprint density at radius 2 is 1.96 bits per heavy atom. The number of hydrogen-bond donors (Lipinski definition) is 2. The van der Waals surface area contributed by atoms with E-state index in [9.17, 15) is 19.1 Å². The lowest BCUT2D eigenvalue weighted by atomic mass is 10.0. The summed E-state index contributed by atoms with van der Waals surface area (Å²) in [4.78, 5) is 25.0. The summed E-state index contributed by atoms with van der Waals surface area (Å²) in [6, 6.07) is 4.15. The molecule has 3 atom stereocenters. The second kappa shape index (κ2) is 7.75. The second-order valence-electron chi connectivity index (χ2n) is 6.92. The summed E-state index contributed by atoms with van der Waals surface area (Å²) in [5.41, 5.74) is 2.61. The van der Waals surface area contributed by atoms with Crippen LogP contribution in [-0.2, 0) is 16.1 Å². The van der Waals surface area contributed by atoms with E-state index >= 15 is 0 Å². The third-order valence-corrected chi connectivity index (χ3v) is 4.88. The molecule has 0 bridgehead atoms. The highest BCUT2D eigenvalue weighted by Gasteiger charge is 2.37. The fourth-order valence-electron chi connectivity index (χ4n) is 3.51. The average Bonchev–Trinajstić information content (AvgIpc) is 3.00. The van der Waals surface area contributed by atoms with Gasteiger partial charge in [-0.3, -0.25) is 14.3 Å². The Balaban J connectivity index is 1.77. The van der Waals surface area contributed by atoms with Crippen molar-refractivity contribution < 1.29 is 19.0 Å². The van der Waals surface area contributed by atoms with Crippen LogP contribution in [0.15, 0.2) is 27.9 Å². The number of aryl methyl sites for hydroxylation is 3. The highest BCUT2D eigenvalue weighted by molar-refractivity contribution is 5.36. The van der Waals surface area contributed by atoms with Crippen LogP contribution in [0.3, 0.4) is 0 Å². The second-order valence-corrected chi connectivity index (χ2v) is 6.92. The Hall–Kier alpha value is -2.29. The van der Waals surface area contributed by atoms with Crippen LogP contribution in [0.25, 0.3) is 0 Å². The number of H-pyrrole nitrogens is 1. The quantitative estimate of drug-likeness (QED) is 0.822. The number of aliphatic hydroxyl groups is 1. The molecule has 7 nitrogen and oxygen atoms in total. The molecule has 2 N–H and O–H groups in total. The van der Waals surface area contributed by atoms with Gasteiger partial charge in [-0.05, 0) is 37.5 Å². The largest absolute Gasteiger partial charge is 0.394 e. The summed E-state index contributed by atoms with van der Waals surface area (Å²) in [7, 11) is 0. The van der Waals surface area contributed by atoms with Gasteiger partial charge in [0.25, 0.3) is 5.56 Å². The number of nitrogens with one attached hydrogen (secondary N) is 1. The molecule has 0 saturated carbocycles. The number of halogens is 1. The number of benzene rings is 1. The molecule has 3 rings (SSSR count). The van der Waals surface area contributed by atoms with Gasteiger partial charge >= 0.3 is 5.69 Å². The molecule has 1 aromatic heterocycles. The van der Waals surface area contributed by atoms with Crippen molar-refractivity contribution in [2.75, 3.05) is 6.61 Å². The van der Waals surface area contributed by atoms with Gasteiger partial charge in [0.15, 0.2) is 0 Å². The topological polar surface area (TPSA) is 93.6 Å². The molecule has 1 fully saturated rings. The maximum atomic E-state index is 13.5. The van der Waals surface area contributed by atoms with Crippen molar-refractivity contribution in [1.82, 2.24) is 9.55 Å². The molecule has 146 valence electrons. The third-order valence-electron chi connectivity index (χ3n) is 4.88. The van der Waals surface area contributed by atoms with Crippen LogP contribution in [0.1, 0.15) is 34.9 Å². The molecule has 1 unspecified atom stereocenters. The first-order valence-electron chi connectivity index (χ1n) is 8.75. The predicted octanol–water partition coefficient (Wildman–Crippen LogP) is 1.47. The zero-order valence-electron chi connectivity index (χ0n) is 15.5. The molecule has 27 heavy (non-hydrogen) atoms. The van der Waals surface area contributed by atoms with Gasteiger partial charge < -0.3 is 14.6 Å². The molecule has 1 aromatic carbocycles. The lowest BCUT2D eigenvalue weighted by Gasteiger charge is -2.18. The number of ether oxygens (including phenoxy) is 2. The van der Waals surface area contributed by atoms with Gasteiger partial charge in [0.2, 0.25) is 5.82 Å². The molecule has 1 aliphatic rings. The Morgan fingerprint density at radius 1 is 1.30 bits per heavy atom. The number of hydrogen-bond acceptors (Lipinski definition) is 5. The first-order valence-corrected chi connectivity index (χ1v) is 8.75. The van der Waals surface area contributed by atoms with Crippen LogP contribution in [0.4, 0.5) is 4.39 Å². The zero-order chi connectivity index (χ0) is 19.7. The lowest BCUT2D eigenvalue weighted by Crippen LogP contribution is -2.34. The monoisotopic (exact) mass is 378 g/mol. The van der Waals surface area contributed by atoms with Crippen LogP contribution in [0.2, 0.25) is 0 Å². The fourth-order valence-corrected chi connectivity index (χ4v) is 3.51. The van der Waals surface area contributed by atoms with E-state index in [2.05, 4.69) is 12.1 Å². The van der Waals surface area contributed by atoms with E-state index in [0.29, 0.717) is 6.61 Å². The fraction of sp³-hybridized carbons (Fsp3) is 0.474. The summed E-state index contributed by atoms with van der Waals surface area (Å²) >= 11 is 0. The van der Waals surface area contributed by atoms with Crippen LogP contribution < -0.4 is 11.2 Å². The van der Waals surface area contributed by atoms with Crippen molar-refractivity contribution in [1.29, 1.82) is 0 Å². The Labute approximate surface area is 155 Å². The summed E-state index contributed by atoms with van der Waals surface area (Å²) in [5.74, 6) is -1.07. The number of aromatic nitrogens is 2. The summed E-state index contributed by atoms with van der Waals surface area (Å²) in [5, 5.41) is 9.59. The van der Waals surface area contributed by atoms with E-state index in [-0.39, 0.29) is 13.0 Å². The SMILES string of the molecule is Cc1cc(C)c(COC2C[C@@H](n3cc(F)c(=O)[nH]c3=O)O[C@H]2CO)c(C)c1. The van der Waals surface area contributed by atoms with E-state index < -0.39 is 35.5 Å².